The SMILES string of the molecule is CC(C)C(C)CC1CCOS1(=O)=O. The van der Waals surface area contributed by atoms with Crippen molar-refractivity contribution in [1.82, 2.24) is 0 Å². The summed E-state index contributed by atoms with van der Waals surface area (Å²) in [4.78, 5) is 0. The van der Waals surface area contributed by atoms with Gasteiger partial charge in [-0.1, -0.05) is 20.8 Å². The monoisotopic (exact) mass is 206 g/mol. The Morgan fingerprint density at radius 3 is 2.38 bits per heavy atom. The van der Waals surface area contributed by atoms with Gasteiger partial charge in [0.25, 0.3) is 10.1 Å². The summed E-state index contributed by atoms with van der Waals surface area (Å²) in [6, 6.07) is 0. The molecular formula is C9H18O3S. The van der Waals surface area contributed by atoms with Gasteiger partial charge in [0, 0.05) is 0 Å². The Labute approximate surface area is 80.6 Å². The van der Waals surface area contributed by atoms with Crippen LogP contribution in [0.3, 0.4) is 0 Å². The summed E-state index contributed by atoms with van der Waals surface area (Å²) in [6.45, 7) is 6.70. The van der Waals surface area contributed by atoms with E-state index >= 15 is 0 Å². The van der Waals surface area contributed by atoms with E-state index in [-0.39, 0.29) is 5.25 Å². The molecule has 0 aliphatic carbocycles. The van der Waals surface area contributed by atoms with Gasteiger partial charge < -0.3 is 0 Å². The van der Waals surface area contributed by atoms with Crippen molar-refractivity contribution in [2.75, 3.05) is 6.61 Å². The van der Waals surface area contributed by atoms with Gasteiger partial charge in [-0.2, -0.15) is 8.42 Å². The van der Waals surface area contributed by atoms with Crippen molar-refractivity contribution < 1.29 is 12.6 Å². The first-order chi connectivity index (χ1) is 5.93. The Kier molecular flexibility index (Phi) is 3.35. The van der Waals surface area contributed by atoms with Crippen LogP contribution in [0.4, 0.5) is 0 Å². The van der Waals surface area contributed by atoms with Crippen LogP contribution in [0, 0.1) is 11.8 Å². The van der Waals surface area contributed by atoms with Crippen molar-refractivity contribution in [1.29, 1.82) is 0 Å². The minimum absolute atomic E-state index is 0.259. The maximum Gasteiger partial charge on any atom is 0.270 e. The van der Waals surface area contributed by atoms with E-state index in [2.05, 4.69) is 20.8 Å². The third-order valence-electron chi connectivity index (χ3n) is 2.87. The highest BCUT2D eigenvalue weighted by atomic mass is 32.2. The lowest BCUT2D eigenvalue weighted by molar-refractivity contribution is 0.353. The van der Waals surface area contributed by atoms with Crippen LogP contribution >= 0.6 is 0 Å². The van der Waals surface area contributed by atoms with Crippen molar-refractivity contribution in [3.63, 3.8) is 0 Å². The molecule has 2 atom stereocenters. The number of hydrogen-bond donors (Lipinski definition) is 0. The average Bonchev–Trinajstić information content (AvgIpc) is 2.30. The average molecular weight is 206 g/mol. The van der Waals surface area contributed by atoms with E-state index in [0.29, 0.717) is 24.9 Å². The van der Waals surface area contributed by atoms with Gasteiger partial charge in [-0.15, -0.1) is 0 Å². The van der Waals surface area contributed by atoms with Gasteiger partial charge in [0.15, 0.2) is 0 Å². The first-order valence-electron chi connectivity index (χ1n) is 4.81. The molecule has 0 amide bonds. The first kappa shape index (κ1) is 11.0. The van der Waals surface area contributed by atoms with E-state index in [0.717, 1.165) is 6.42 Å². The van der Waals surface area contributed by atoms with Crippen molar-refractivity contribution in [2.45, 2.75) is 38.9 Å². The maximum atomic E-state index is 11.3. The molecule has 0 spiro atoms. The molecule has 1 aliphatic rings. The normalized spacial score (nSPS) is 29.4. The second kappa shape index (κ2) is 3.96. The highest BCUT2D eigenvalue weighted by Crippen LogP contribution is 2.27. The quantitative estimate of drug-likeness (QED) is 0.661. The zero-order valence-electron chi connectivity index (χ0n) is 8.49. The van der Waals surface area contributed by atoms with E-state index < -0.39 is 10.1 Å². The Hall–Kier alpha value is -0.0900. The predicted octanol–water partition coefficient (Wildman–Crippen LogP) is 1.79. The fourth-order valence-corrected chi connectivity index (χ4v) is 2.90. The van der Waals surface area contributed by atoms with Crippen molar-refractivity contribution in [3.8, 4) is 0 Å². The Morgan fingerprint density at radius 1 is 1.38 bits per heavy atom. The Morgan fingerprint density at radius 2 is 2.00 bits per heavy atom. The molecule has 13 heavy (non-hydrogen) atoms. The molecule has 0 aromatic carbocycles. The Bertz CT molecular complexity index is 256. The zero-order chi connectivity index (χ0) is 10.1. The van der Waals surface area contributed by atoms with Gasteiger partial charge in [0.1, 0.15) is 0 Å². The molecule has 1 saturated heterocycles. The van der Waals surface area contributed by atoms with E-state index in [9.17, 15) is 8.42 Å². The molecule has 4 heteroatoms. The summed E-state index contributed by atoms with van der Waals surface area (Å²) in [7, 11) is -3.22. The standard InChI is InChI=1S/C9H18O3S/c1-7(2)8(3)6-9-4-5-12-13(9,10)11/h7-9H,4-6H2,1-3H3. The molecule has 1 fully saturated rings. The van der Waals surface area contributed by atoms with Crippen LogP contribution in [0.2, 0.25) is 0 Å². The molecule has 0 radical (unpaired) electrons. The number of rotatable bonds is 3. The van der Waals surface area contributed by atoms with Crippen LogP contribution in [-0.4, -0.2) is 20.3 Å². The molecule has 3 nitrogen and oxygen atoms in total. The van der Waals surface area contributed by atoms with Gasteiger partial charge in [-0.25, -0.2) is 0 Å². The smallest absolute Gasteiger partial charge is 0.270 e. The van der Waals surface area contributed by atoms with Crippen LogP contribution in [-0.2, 0) is 14.3 Å². The van der Waals surface area contributed by atoms with Crippen LogP contribution in [0.1, 0.15) is 33.6 Å². The van der Waals surface area contributed by atoms with Crippen LogP contribution in [0.15, 0.2) is 0 Å². The summed E-state index contributed by atoms with van der Waals surface area (Å²) >= 11 is 0. The summed E-state index contributed by atoms with van der Waals surface area (Å²) in [5, 5.41) is -0.259. The second-order valence-electron chi connectivity index (χ2n) is 4.18. The molecule has 1 heterocycles. The third-order valence-corrected chi connectivity index (χ3v) is 4.61. The lowest BCUT2D eigenvalue weighted by Crippen LogP contribution is -2.20. The summed E-state index contributed by atoms with van der Waals surface area (Å²) < 4.78 is 27.3. The minimum Gasteiger partial charge on any atom is -0.270 e. The van der Waals surface area contributed by atoms with Gasteiger partial charge in [0.2, 0.25) is 0 Å². The predicted molar refractivity (Wildman–Crippen MR) is 51.9 cm³/mol. The van der Waals surface area contributed by atoms with Crippen molar-refractivity contribution >= 4 is 10.1 Å². The first-order valence-corrected chi connectivity index (χ1v) is 6.29. The highest BCUT2D eigenvalue weighted by molar-refractivity contribution is 7.87. The van der Waals surface area contributed by atoms with E-state index in [1.54, 1.807) is 0 Å². The van der Waals surface area contributed by atoms with E-state index in [1.807, 2.05) is 0 Å². The maximum absolute atomic E-state index is 11.3. The molecule has 1 rings (SSSR count). The van der Waals surface area contributed by atoms with Crippen LogP contribution in [0.5, 0.6) is 0 Å². The van der Waals surface area contributed by atoms with Gasteiger partial charge in [-0.05, 0) is 24.7 Å². The van der Waals surface area contributed by atoms with E-state index in [4.69, 9.17) is 4.18 Å². The van der Waals surface area contributed by atoms with Gasteiger partial charge in [-0.3, -0.25) is 4.18 Å². The number of hydrogen-bond acceptors (Lipinski definition) is 3. The summed E-state index contributed by atoms with van der Waals surface area (Å²) in [5.41, 5.74) is 0. The molecule has 0 bridgehead atoms. The molecule has 0 aromatic rings. The molecular weight excluding hydrogens is 188 g/mol. The lowest BCUT2D eigenvalue weighted by atomic mass is 9.92. The fourth-order valence-electron chi connectivity index (χ4n) is 1.46. The van der Waals surface area contributed by atoms with Gasteiger partial charge in [0.05, 0.1) is 11.9 Å². The third kappa shape index (κ3) is 2.68. The van der Waals surface area contributed by atoms with Crippen molar-refractivity contribution in [3.05, 3.63) is 0 Å². The lowest BCUT2D eigenvalue weighted by Gasteiger charge is -2.17. The molecule has 0 saturated carbocycles. The van der Waals surface area contributed by atoms with Crippen LogP contribution < -0.4 is 0 Å². The summed E-state index contributed by atoms with van der Waals surface area (Å²) in [5.74, 6) is 0.984. The Balaban J connectivity index is 2.55. The van der Waals surface area contributed by atoms with Crippen LogP contribution in [0.25, 0.3) is 0 Å². The highest BCUT2D eigenvalue weighted by Gasteiger charge is 2.33. The molecule has 1 aliphatic heterocycles. The zero-order valence-corrected chi connectivity index (χ0v) is 9.30. The molecule has 78 valence electrons. The van der Waals surface area contributed by atoms with Crippen molar-refractivity contribution in [2.24, 2.45) is 11.8 Å². The molecule has 0 N–H and O–H groups in total. The topological polar surface area (TPSA) is 43.4 Å². The van der Waals surface area contributed by atoms with Gasteiger partial charge >= 0.3 is 0 Å². The molecule has 2 unspecified atom stereocenters. The molecule has 0 aromatic heterocycles. The summed E-state index contributed by atoms with van der Waals surface area (Å²) in [6.07, 6.45) is 1.40. The largest absolute Gasteiger partial charge is 0.270 e. The second-order valence-corrected chi connectivity index (χ2v) is 6.07. The minimum atomic E-state index is -3.22. The van der Waals surface area contributed by atoms with E-state index in [1.165, 1.54) is 0 Å². The fraction of sp³-hybridized carbons (Fsp3) is 1.00.